The molecule has 0 fully saturated rings. The number of nitrogens with two attached hydrogens (primary N) is 1. The van der Waals surface area contributed by atoms with Gasteiger partial charge in [0, 0.05) is 25.7 Å². The van der Waals surface area contributed by atoms with Gasteiger partial charge in [0.15, 0.2) is 0 Å². The third-order valence-corrected chi connectivity index (χ3v) is 3.20. The van der Waals surface area contributed by atoms with Crippen molar-refractivity contribution in [3.05, 3.63) is 47.5 Å². The van der Waals surface area contributed by atoms with E-state index in [1.54, 1.807) is 0 Å². The van der Waals surface area contributed by atoms with Crippen LogP contribution in [0.2, 0.25) is 0 Å². The summed E-state index contributed by atoms with van der Waals surface area (Å²) < 4.78 is 0. The van der Waals surface area contributed by atoms with Crippen LogP contribution in [0, 0.1) is 0 Å². The molecule has 2 heteroatoms. The van der Waals surface area contributed by atoms with Gasteiger partial charge in [-0.2, -0.15) is 0 Å². The Labute approximate surface area is 97.8 Å². The third-order valence-electron chi connectivity index (χ3n) is 3.20. The second kappa shape index (κ2) is 5.28. The molecule has 1 aromatic carbocycles. The van der Waals surface area contributed by atoms with Crippen LogP contribution in [0.5, 0.6) is 0 Å². The van der Waals surface area contributed by atoms with Gasteiger partial charge in [0.25, 0.3) is 0 Å². The summed E-state index contributed by atoms with van der Waals surface area (Å²) in [6.07, 6.45) is 3.49. The summed E-state index contributed by atoms with van der Waals surface area (Å²) in [6, 6.07) is 10.5. The van der Waals surface area contributed by atoms with Gasteiger partial charge >= 0.3 is 0 Å². The maximum atomic E-state index is 6.20. The molecule has 1 unspecified atom stereocenters. The summed E-state index contributed by atoms with van der Waals surface area (Å²) in [4.78, 5) is 2.42. The first-order chi connectivity index (χ1) is 7.75. The molecule has 0 saturated carbocycles. The van der Waals surface area contributed by atoms with Gasteiger partial charge in [0.1, 0.15) is 0 Å². The fourth-order valence-corrected chi connectivity index (χ4v) is 2.06. The minimum Gasteiger partial charge on any atom is -0.323 e. The summed E-state index contributed by atoms with van der Waals surface area (Å²) in [7, 11) is 0. The lowest BCUT2D eigenvalue weighted by Crippen LogP contribution is -2.35. The second-order valence-electron chi connectivity index (χ2n) is 4.58. The molecule has 2 nitrogen and oxygen atoms in total. The Morgan fingerprint density at radius 3 is 2.69 bits per heavy atom. The molecule has 86 valence electrons. The summed E-state index contributed by atoms with van der Waals surface area (Å²) in [5.74, 6) is 0. The van der Waals surface area contributed by atoms with Crippen LogP contribution in [-0.2, 0) is 0 Å². The molecule has 1 aliphatic rings. The number of rotatable bonds is 3. The maximum Gasteiger partial charge on any atom is 0.0424 e. The number of hydrogen-bond donors (Lipinski definition) is 1. The van der Waals surface area contributed by atoms with Crippen molar-refractivity contribution in [3.8, 4) is 0 Å². The van der Waals surface area contributed by atoms with Crippen LogP contribution in [0.4, 0.5) is 0 Å². The van der Waals surface area contributed by atoms with Crippen molar-refractivity contribution in [2.45, 2.75) is 19.4 Å². The summed E-state index contributed by atoms with van der Waals surface area (Å²) >= 11 is 0. The Morgan fingerprint density at radius 2 is 2.06 bits per heavy atom. The first kappa shape index (κ1) is 11.4. The lowest BCUT2D eigenvalue weighted by atomic mass is 10.1. The quantitative estimate of drug-likeness (QED) is 0.786. The fourth-order valence-electron chi connectivity index (χ4n) is 2.06. The minimum atomic E-state index is 0.132. The summed E-state index contributed by atoms with van der Waals surface area (Å²) in [5, 5.41) is 0. The van der Waals surface area contributed by atoms with Gasteiger partial charge in [-0.05, 0) is 18.9 Å². The van der Waals surface area contributed by atoms with Gasteiger partial charge in [-0.15, -0.1) is 0 Å². The van der Waals surface area contributed by atoms with Crippen molar-refractivity contribution >= 4 is 0 Å². The normalized spacial score (nSPS) is 19.2. The lowest BCUT2D eigenvalue weighted by molar-refractivity contribution is 0.276. The van der Waals surface area contributed by atoms with E-state index < -0.39 is 0 Å². The van der Waals surface area contributed by atoms with E-state index in [4.69, 9.17) is 5.73 Å². The monoisotopic (exact) mass is 216 g/mol. The van der Waals surface area contributed by atoms with Gasteiger partial charge in [0.05, 0.1) is 0 Å². The number of nitrogens with zero attached hydrogens (tertiary/aromatic N) is 1. The molecule has 0 spiro atoms. The van der Waals surface area contributed by atoms with Crippen molar-refractivity contribution in [1.82, 2.24) is 4.90 Å². The van der Waals surface area contributed by atoms with E-state index in [1.165, 1.54) is 17.6 Å². The Kier molecular flexibility index (Phi) is 3.75. The van der Waals surface area contributed by atoms with E-state index >= 15 is 0 Å². The Bertz CT molecular complexity index is 356. The van der Waals surface area contributed by atoms with E-state index in [1.807, 2.05) is 6.07 Å². The molecule has 0 aliphatic carbocycles. The molecule has 1 heterocycles. The predicted octanol–water partition coefficient (Wildman–Crippen LogP) is 2.34. The van der Waals surface area contributed by atoms with Gasteiger partial charge in [-0.25, -0.2) is 0 Å². The largest absolute Gasteiger partial charge is 0.323 e. The number of benzene rings is 1. The van der Waals surface area contributed by atoms with E-state index in [0.29, 0.717) is 0 Å². The zero-order chi connectivity index (χ0) is 11.4. The highest BCUT2D eigenvalue weighted by Gasteiger charge is 2.13. The van der Waals surface area contributed by atoms with Crippen LogP contribution in [0.1, 0.15) is 24.9 Å². The molecule has 1 aliphatic heterocycles. The molecule has 0 amide bonds. The van der Waals surface area contributed by atoms with Crippen LogP contribution in [0.15, 0.2) is 42.0 Å². The Balaban J connectivity index is 1.91. The van der Waals surface area contributed by atoms with Gasteiger partial charge in [-0.1, -0.05) is 42.0 Å². The van der Waals surface area contributed by atoms with Crippen LogP contribution in [0.25, 0.3) is 0 Å². The van der Waals surface area contributed by atoms with Crippen LogP contribution >= 0.6 is 0 Å². The van der Waals surface area contributed by atoms with E-state index in [2.05, 4.69) is 42.2 Å². The van der Waals surface area contributed by atoms with Crippen molar-refractivity contribution < 1.29 is 0 Å². The highest BCUT2D eigenvalue weighted by molar-refractivity contribution is 5.19. The maximum absolute atomic E-state index is 6.20. The van der Waals surface area contributed by atoms with Crippen LogP contribution in [0.3, 0.4) is 0 Å². The number of hydrogen-bond acceptors (Lipinski definition) is 2. The standard InChI is InChI=1S/C14H20N2/c1-12-7-9-16(10-8-12)11-14(15)13-5-3-2-4-6-13/h2-7,14H,8-11,15H2,1H3. The third kappa shape index (κ3) is 2.94. The molecule has 1 aromatic rings. The summed E-state index contributed by atoms with van der Waals surface area (Å²) in [6.45, 7) is 5.34. The second-order valence-corrected chi connectivity index (χ2v) is 4.58. The van der Waals surface area contributed by atoms with Crippen molar-refractivity contribution in [3.63, 3.8) is 0 Å². The molecule has 1 atom stereocenters. The van der Waals surface area contributed by atoms with Gasteiger partial charge < -0.3 is 5.73 Å². The molecule has 2 N–H and O–H groups in total. The molecule has 0 aromatic heterocycles. The zero-order valence-corrected chi connectivity index (χ0v) is 9.89. The zero-order valence-electron chi connectivity index (χ0n) is 9.89. The van der Waals surface area contributed by atoms with Crippen LogP contribution < -0.4 is 5.73 Å². The highest BCUT2D eigenvalue weighted by atomic mass is 15.1. The Hall–Kier alpha value is -1.12. The van der Waals surface area contributed by atoms with Crippen molar-refractivity contribution in [2.75, 3.05) is 19.6 Å². The predicted molar refractivity (Wildman–Crippen MR) is 68.2 cm³/mol. The fraction of sp³-hybridized carbons (Fsp3) is 0.429. The molecule has 0 bridgehead atoms. The first-order valence-corrected chi connectivity index (χ1v) is 5.94. The molecule has 16 heavy (non-hydrogen) atoms. The molecular weight excluding hydrogens is 196 g/mol. The smallest absolute Gasteiger partial charge is 0.0424 e. The molecule has 0 saturated heterocycles. The minimum absolute atomic E-state index is 0.132. The van der Waals surface area contributed by atoms with Gasteiger partial charge in [0.2, 0.25) is 0 Å². The first-order valence-electron chi connectivity index (χ1n) is 5.94. The molecule has 0 radical (unpaired) electrons. The van der Waals surface area contributed by atoms with E-state index in [-0.39, 0.29) is 6.04 Å². The summed E-state index contributed by atoms with van der Waals surface area (Å²) in [5.41, 5.74) is 8.93. The SMILES string of the molecule is CC1=CCN(CC(N)c2ccccc2)CC1. The van der Waals surface area contributed by atoms with E-state index in [0.717, 1.165) is 19.6 Å². The van der Waals surface area contributed by atoms with Crippen LogP contribution in [-0.4, -0.2) is 24.5 Å². The highest BCUT2D eigenvalue weighted by Crippen LogP contribution is 2.15. The van der Waals surface area contributed by atoms with Crippen molar-refractivity contribution in [2.24, 2.45) is 5.73 Å². The molecular formula is C14H20N2. The van der Waals surface area contributed by atoms with E-state index in [9.17, 15) is 0 Å². The Morgan fingerprint density at radius 1 is 1.31 bits per heavy atom. The average Bonchev–Trinajstić information content (AvgIpc) is 2.33. The topological polar surface area (TPSA) is 29.3 Å². The molecule has 2 rings (SSSR count). The van der Waals surface area contributed by atoms with Gasteiger partial charge in [-0.3, -0.25) is 4.90 Å². The average molecular weight is 216 g/mol. The van der Waals surface area contributed by atoms with Crippen molar-refractivity contribution in [1.29, 1.82) is 0 Å². The lowest BCUT2D eigenvalue weighted by Gasteiger charge is -2.28.